The number of hydrogen-bond acceptors (Lipinski definition) is 3. The Morgan fingerprint density at radius 3 is 2.15 bits per heavy atom. The zero-order chi connectivity index (χ0) is 14.8. The van der Waals surface area contributed by atoms with Crippen LogP contribution in [0.2, 0.25) is 0 Å². The molecule has 0 radical (unpaired) electrons. The summed E-state index contributed by atoms with van der Waals surface area (Å²) >= 11 is 0. The molecule has 0 aliphatic carbocycles. The Labute approximate surface area is 118 Å². The van der Waals surface area contributed by atoms with Gasteiger partial charge in [0.1, 0.15) is 12.4 Å². The number of benzene rings is 2. The van der Waals surface area contributed by atoms with Gasteiger partial charge in [-0.15, -0.1) is 0 Å². The van der Waals surface area contributed by atoms with E-state index in [1.54, 1.807) is 0 Å². The van der Waals surface area contributed by atoms with Crippen molar-refractivity contribution < 1.29 is 14.6 Å². The molecule has 0 spiro atoms. The Morgan fingerprint density at radius 1 is 1.10 bits per heavy atom. The molecule has 0 saturated carbocycles. The molecule has 2 aromatic rings. The molecule has 0 fully saturated rings. The molecule has 106 valence electrons. The molecule has 0 aliphatic heterocycles. The van der Waals surface area contributed by atoms with E-state index < -0.39 is 5.97 Å². The van der Waals surface area contributed by atoms with Gasteiger partial charge in [0.2, 0.25) is 0 Å². The average molecular weight is 273 g/mol. The van der Waals surface area contributed by atoms with E-state index >= 15 is 0 Å². The number of rotatable bonds is 4. The van der Waals surface area contributed by atoms with Crippen LogP contribution in [0.4, 0.5) is 0 Å². The third kappa shape index (κ3) is 6.56. The lowest BCUT2D eigenvalue weighted by atomic mass is 10.2. The lowest BCUT2D eigenvalue weighted by Crippen LogP contribution is -2.10. The summed E-state index contributed by atoms with van der Waals surface area (Å²) in [5, 5.41) is 7.60. The summed E-state index contributed by atoms with van der Waals surface area (Å²) in [6.07, 6.45) is 0. The third-order valence-electron chi connectivity index (χ3n) is 2.44. The van der Waals surface area contributed by atoms with E-state index in [0.29, 0.717) is 6.61 Å². The Morgan fingerprint density at radius 2 is 1.65 bits per heavy atom. The van der Waals surface area contributed by atoms with Gasteiger partial charge in [-0.3, -0.25) is 4.79 Å². The summed E-state index contributed by atoms with van der Waals surface area (Å²) in [4.78, 5) is 9.24. The van der Waals surface area contributed by atoms with Crippen molar-refractivity contribution in [2.45, 2.75) is 13.5 Å². The molecule has 20 heavy (non-hydrogen) atoms. The molecular formula is C16H19NO3. The fourth-order valence-corrected chi connectivity index (χ4v) is 1.38. The number of hydrogen-bond donors (Lipinski definition) is 2. The summed E-state index contributed by atoms with van der Waals surface area (Å²) in [7, 11) is 0. The highest BCUT2D eigenvalue weighted by atomic mass is 16.5. The molecule has 0 bridgehead atoms. The molecule has 4 nitrogen and oxygen atoms in total. The van der Waals surface area contributed by atoms with Crippen molar-refractivity contribution in [1.29, 1.82) is 0 Å². The fourth-order valence-electron chi connectivity index (χ4n) is 1.38. The number of carboxylic acid groups (broad SMARTS) is 1. The molecule has 0 aliphatic rings. The molecule has 0 unspecified atom stereocenters. The standard InChI is InChI=1S/C14H14O.C2H5NO2/c1-12-7-9-14(10-8-12)15-11-13-5-3-2-4-6-13;3-1-2(4)5/h2-10H,11H2,1H3;1,3H2,(H,4,5). The van der Waals surface area contributed by atoms with Gasteiger partial charge in [0.15, 0.2) is 0 Å². The van der Waals surface area contributed by atoms with Crippen LogP contribution in [0.3, 0.4) is 0 Å². The van der Waals surface area contributed by atoms with Crippen molar-refractivity contribution >= 4 is 5.97 Å². The van der Waals surface area contributed by atoms with Crippen LogP contribution in [0.15, 0.2) is 54.6 Å². The summed E-state index contributed by atoms with van der Waals surface area (Å²) in [5.41, 5.74) is 7.02. The molecule has 3 N–H and O–H groups in total. The maximum Gasteiger partial charge on any atom is 0.317 e. The Hall–Kier alpha value is -2.33. The smallest absolute Gasteiger partial charge is 0.317 e. The van der Waals surface area contributed by atoms with Crippen LogP contribution in [0.1, 0.15) is 11.1 Å². The quantitative estimate of drug-likeness (QED) is 0.898. The monoisotopic (exact) mass is 273 g/mol. The highest BCUT2D eigenvalue weighted by molar-refractivity contribution is 5.68. The summed E-state index contributed by atoms with van der Waals surface area (Å²) in [6.45, 7) is 2.42. The molecule has 2 aromatic carbocycles. The van der Waals surface area contributed by atoms with Gasteiger partial charge in [-0.05, 0) is 24.6 Å². The Kier molecular flexibility index (Phi) is 6.85. The first-order valence-electron chi connectivity index (χ1n) is 6.27. The number of nitrogens with two attached hydrogens (primary N) is 1. The van der Waals surface area contributed by atoms with Crippen LogP contribution in [0.25, 0.3) is 0 Å². The minimum atomic E-state index is -0.968. The van der Waals surface area contributed by atoms with Gasteiger partial charge >= 0.3 is 5.97 Å². The SMILES string of the molecule is Cc1ccc(OCc2ccccc2)cc1.NCC(=O)O. The first-order chi connectivity index (χ1) is 9.61. The zero-order valence-corrected chi connectivity index (χ0v) is 11.5. The van der Waals surface area contributed by atoms with Crippen molar-refractivity contribution in [3.8, 4) is 5.75 Å². The topological polar surface area (TPSA) is 72.5 Å². The van der Waals surface area contributed by atoms with Crippen molar-refractivity contribution in [2.24, 2.45) is 5.73 Å². The maximum atomic E-state index is 9.24. The number of aryl methyl sites for hydroxylation is 1. The number of ether oxygens (including phenoxy) is 1. The van der Waals surface area contributed by atoms with Crippen molar-refractivity contribution in [3.63, 3.8) is 0 Å². The number of carboxylic acids is 1. The predicted molar refractivity (Wildman–Crippen MR) is 78.6 cm³/mol. The minimum Gasteiger partial charge on any atom is -0.489 e. The predicted octanol–water partition coefficient (Wildman–Crippen LogP) is 2.60. The van der Waals surface area contributed by atoms with E-state index in [-0.39, 0.29) is 6.54 Å². The first kappa shape index (κ1) is 15.7. The van der Waals surface area contributed by atoms with Gasteiger partial charge in [-0.1, -0.05) is 48.0 Å². The number of aliphatic carboxylic acids is 1. The van der Waals surface area contributed by atoms with Crippen LogP contribution in [-0.2, 0) is 11.4 Å². The number of carbonyl (C=O) groups is 1. The summed E-state index contributed by atoms with van der Waals surface area (Å²) in [5.74, 6) is -0.0468. The van der Waals surface area contributed by atoms with Gasteiger partial charge in [-0.2, -0.15) is 0 Å². The van der Waals surface area contributed by atoms with Gasteiger partial charge in [-0.25, -0.2) is 0 Å². The molecule has 4 heteroatoms. The van der Waals surface area contributed by atoms with Gasteiger partial charge in [0, 0.05) is 0 Å². The summed E-state index contributed by atoms with van der Waals surface area (Å²) < 4.78 is 5.65. The molecule has 0 amide bonds. The van der Waals surface area contributed by atoms with Gasteiger partial charge in [0.05, 0.1) is 6.54 Å². The lowest BCUT2D eigenvalue weighted by Gasteiger charge is -2.06. The molecule has 2 rings (SSSR count). The third-order valence-corrected chi connectivity index (χ3v) is 2.44. The second kappa shape index (κ2) is 8.72. The maximum absolute atomic E-state index is 9.24. The van der Waals surface area contributed by atoms with E-state index in [0.717, 1.165) is 5.75 Å². The largest absolute Gasteiger partial charge is 0.489 e. The van der Waals surface area contributed by atoms with Crippen molar-refractivity contribution in [3.05, 3.63) is 65.7 Å². The second-order valence-corrected chi connectivity index (χ2v) is 4.19. The molecular weight excluding hydrogens is 254 g/mol. The highest BCUT2D eigenvalue weighted by Gasteiger charge is 1.94. The Bertz CT molecular complexity index is 509. The van der Waals surface area contributed by atoms with Crippen LogP contribution in [-0.4, -0.2) is 17.6 Å². The zero-order valence-electron chi connectivity index (χ0n) is 11.5. The van der Waals surface area contributed by atoms with E-state index in [9.17, 15) is 4.79 Å². The van der Waals surface area contributed by atoms with E-state index in [4.69, 9.17) is 9.84 Å². The van der Waals surface area contributed by atoms with Crippen molar-refractivity contribution in [1.82, 2.24) is 0 Å². The first-order valence-corrected chi connectivity index (χ1v) is 6.27. The average Bonchev–Trinajstić information content (AvgIpc) is 2.48. The van der Waals surface area contributed by atoms with Crippen LogP contribution < -0.4 is 10.5 Å². The highest BCUT2D eigenvalue weighted by Crippen LogP contribution is 2.13. The van der Waals surface area contributed by atoms with E-state index in [1.165, 1.54) is 11.1 Å². The summed E-state index contributed by atoms with van der Waals surface area (Å²) in [6, 6.07) is 18.3. The molecule has 0 heterocycles. The van der Waals surface area contributed by atoms with Crippen LogP contribution >= 0.6 is 0 Å². The van der Waals surface area contributed by atoms with Gasteiger partial charge < -0.3 is 15.6 Å². The van der Waals surface area contributed by atoms with Crippen molar-refractivity contribution in [2.75, 3.05) is 6.54 Å². The fraction of sp³-hybridized carbons (Fsp3) is 0.188. The molecule has 0 atom stereocenters. The van der Waals surface area contributed by atoms with E-state index in [2.05, 4.69) is 36.9 Å². The van der Waals surface area contributed by atoms with E-state index in [1.807, 2.05) is 30.3 Å². The second-order valence-electron chi connectivity index (χ2n) is 4.19. The Balaban J connectivity index is 0.000000347. The minimum absolute atomic E-state index is 0.278. The molecule has 0 saturated heterocycles. The van der Waals surface area contributed by atoms with Gasteiger partial charge in [0.25, 0.3) is 0 Å². The van der Waals surface area contributed by atoms with Crippen LogP contribution in [0.5, 0.6) is 5.75 Å². The molecule has 0 aromatic heterocycles. The van der Waals surface area contributed by atoms with Crippen LogP contribution in [0, 0.1) is 6.92 Å². The lowest BCUT2D eigenvalue weighted by molar-refractivity contribution is -0.135. The normalized spacial score (nSPS) is 9.30.